The molecule has 2 N–H and O–H groups in total. The maximum Gasteiger partial charge on any atom is 0.318 e. The van der Waals surface area contributed by atoms with Crippen LogP contribution in [0.1, 0.15) is 27.2 Å². The number of carbonyl (C=O) groups excluding carboxylic acids is 2. The van der Waals surface area contributed by atoms with Crippen molar-refractivity contribution in [3.05, 3.63) is 35.6 Å². The summed E-state index contributed by atoms with van der Waals surface area (Å²) in [5, 5.41) is 20.9. The molecule has 6 atom stereocenters. The van der Waals surface area contributed by atoms with E-state index in [1.54, 1.807) is 26.8 Å². The monoisotopic (exact) mass is 362 g/mol. The van der Waals surface area contributed by atoms with Crippen molar-refractivity contribution in [2.75, 3.05) is 6.61 Å². The lowest BCUT2D eigenvalue weighted by atomic mass is 9.67. The summed E-state index contributed by atoms with van der Waals surface area (Å²) >= 11 is 0. The van der Waals surface area contributed by atoms with Gasteiger partial charge in [0.05, 0.1) is 12.7 Å². The summed E-state index contributed by atoms with van der Waals surface area (Å²) in [6.07, 6.45) is 1.69. The van der Waals surface area contributed by atoms with Gasteiger partial charge in [-0.15, -0.1) is 0 Å². The minimum Gasteiger partial charge on any atom is -0.479 e. The van der Waals surface area contributed by atoms with Crippen molar-refractivity contribution < 1.29 is 34.0 Å². The van der Waals surface area contributed by atoms with Crippen molar-refractivity contribution in [1.29, 1.82) is 0 Å². The minimum absolute atomic E-state index is 0.140. The lowest BCUT2D eigenvalue weighted by Gasteiger charge is -2.34. The number of aliphatic hydroxyl groups is 2. The smallest absolute Gasteiger partial charge is 0.318 e. The molecule has 0 spiro atoms. The second-order valence-electron chi connectivity index (χ2n) is 7.94. The molecule has 0 aromatic heterocycles. The maximum atomic E-state index is 12.8. The molecular formula is C19H22O7. The third-order valence-electron chi connectivity index (χ3n) is 6.25. The molecular weight excluding hydrogens is 340 g/mol. The number of fused-ring (bicyclic) bond motifs is 2. The average Bonchev–Trinajstić information content (AvgIpc) is 3.08. The van der Waals surface area contributed by atoms with Gasteiger partial charge in [0.1, 0.15) is 17.3 Å². The van der Waals surface area contributed by atoms with Gasteiger partial charge in [0.2, 0.25) is 11.6 Å². The quantitative estimate of drug-likeness (QED) is 0.552. The number of rotatable bonds is 2. The van der Waals surface area contributed by atoms with Crippen LogP contribution in [0.4, 0.5) is 0 Å². The number of aliphatic hydroxyl groups excluding tert-OH is 1. The Kier molecular flexibility index (Phi) is 3.40. The molecule has 0 saturated carbocycles. The summed E-state index contributed by atoms with van der Waals surface area (Å²) in [7, 11) is 0. The maximum absolute atomic E-state index is 12.8. The van der Waals surface area contributed by atoms with Gasteiger partial charge in [-0.25, -0.2) is 0 Å². The van der Waals surface area contributed by atoms with E-state index in [4.69, 9.17) is 14.2 Å². The van der Waals surface area contributed by atoms with E-state index in [0.29, 0.717) is 5.57 Å². The van der Waals surface area contributed by atoms with E-state index in [9.17, 15) is 19.8 Å². The van der Waals surface area contributed by atoms with Crippen LogP contribution in [0, 0.1) is 11.3 Å². The van der Waals surface area contributed by atoms with Crippen LogP contribution in [0.15, 0.2) is 35.6 Å². The SMILES string of the molecule is C=C(C)[C@@]1(O)O[C@H]2C[C@@]3(C)OC(=CC3=O)/C(CO)=C\[C@@H]3OC(=O)[C@@]1(C)[C@@H]32. The van der Waals surface area contributed by atoms with Crippen LogP contribution in [0.2, 0.25) is 0 Å². The van der Waals surface area contributed by atoms with E-state index in [1.165, 1.54) is 6.08 Å². The van der Waals surface area contributed by atoms with Gasteiger partial charge in [-0.1, -0.05) is 6.58 Å². The molecule has 2 bridgehead atoms. The first-order valence-corrected chi connectivity index (χ1v) is 8.61. The molecule has 0 aromatic carbocycles. The Bertz CT molecular complexity index is 796. The zero-order valence-electron chi connectivity index (χ0n) is 14.9. The van der Waals surface area contributed by atoms with Crippen molar-refractivity contribution in [2.45, 2.75) is 50.8 Å². The highest BCUT2D eigenvalue weighted by Gasteiger charge is 2.74. The molecule has 0 amide bonds. The number of carbonyl (C=O) groups is 2. The highest BCUT2D eigenvalue weighted by Crippen LogP contribution is 2.60. The lowest BCUT2D eigenvalue weighted by molar-refractivity contribution is -0.219. The van der Waals surface area contributed by atoms with Crippen LogP contribution in [-0.4, -0.2) is 52.2 Å². The van der Waals surface area contributed by atoms with Crippen LogP contribution < -0.4 is 0 Å². The number of ether oxygens (including phenoxy) is 3. The molecule has 140 valence electrons. The van der Waals surface area contributed by atoms with Gasteiger partial charge in [0, 0.05) is 24.0 Å². The highest BCUT2D eigenvalue weighted by molar-refractivity contribution is 6.00. The minimum atomic E-state index is -1.91. The molecule has 26 heavy (non-hydrogen) atoms. The molecule has 0 unspecified atom stereocenters. The normalized spacial score (nSPS) is 48.4. The van der Waals surface area contributed by atoms with Crippen molar-refractivity contribution >= 4 is 11.8 Å². The van der Waals surface area contributed by atoms with Gasteiger partial charge in [0.15, 0.2) is 5.60 Å². The second kappa shape index (κ2) is 5.06. The molecule has 0 aromatic rings. The van der Waals surface area contributed by atoms with Crippen LogP contribution in [0.5, 0.6) is 0 Å². The topological polar surface area (TPSA) is 102 Å². The van der Waals surface area contributed by atoms with E-state index in [0.717, 1.165) is 0 Å². The number of ketones is 1. The largest absolute Gasteiger partial charge is 0.479 e. The average molecular weight is 362 g/mol. The molecule has 0 radical (unpaired) electrons. The summed E-state index contributed by atoms with van der Waals surface area (Å²) in [6, 6.07) is 0. The van der Waals surface area contributed by atoms with Crippen LogP contribution in [0.3, 0.4) is 0 Å². The molecule has 7 heteroatoms. The highest BCUT2D eigenvalue weighted by atomic mass is 16.7. The van der Waals surface area contributed by atoms with Gasteiger partial charge in [0.25, 0.3) is 0 Å². The molecule has 4 heterocycles. The van der Waals surface area contributed by atoms with Crippen molar-refractivity contribution in [2.24, 2.45) is 11.3 Å². The van der Waals surface area contributed by atoms with Crippen LogP contribution in [-0.2, 0) is 23.8 Å². The Morgan fingerprint density at radius 2 is 2.08 bits per heavy atom. The number of esters is 1. The molecule has 7 nitrogen and oxygen atoms in total. The molecule has 2 fully saturated rings. The second-order valence-corrected chi connectivity index (χ2v) is 7.94. The van der Waals surface area contributed by atoms with Gasteiger partial charge >= 0.3 is 5.97 Å². The molecule has 4 rings (SSSR count). The van der Waals surface area contributed by atoms with E-state index in [2.05, 4.69) is 6.58 Å². The summed E-state index contributed by atoms with van der Waals surface area (Å²) in [5.74, 6) is -3.01. The van der Waals surface area contributed by atoms with E-state index in [-0.39, 0.29) is 30.1 Å². The summed E-state index contributed by atoms with van der Waals surface area (Å²) < 4.78 is 17.4. The first-order chi connectivity index (χ1) is 12.1. The van der Waals surface area contributed by atoms with Gasteiger partial charge in [-0.3, -0.25) is 9.59 Å². The third kappa shape index (κ3) is 1.88. The van der Waals surface area contributed by atoms with Crippen LogP contribution >= 0.6 is 0 Å². The Hall–Kier alpha value is -1.96. The number of hydrogen-bond donors (Lipinski definition) is 2. The zero-order chi connectivity index (χ0) is 19.1. The van der Waals surface area contributed by atoms with Crippen LogP contribution in [0.25, 0.3) is 0 Å². The zero-order valence-corrected chi connectivity index (χ0v) is 14.9. The molecule has 4 aliphatic heterocycles. The van der Waals surface area contributed by atoms with E-state index in [1.807, 2.05) is 0 Å². The number of hydrogen-bond acceptors (Lipinski definition) is 7. The Morgan fingerprint density at radius 3 is 2.69 bits per heavy atom. The van der Waals surface area contributed by atoms with Gasteiger partial charge in [-0.2, -0.15) is 0 Å². The van der Waals surface area contributed by atoms with Crippen molar-refractivity contribution in [3.63, 3.8) is 0 Å². The summed E-state index contributed by atoms with van der Waals surface area (Å²) in [5.41, 5.74) is -1.91. The van der Waals surface area contributed by atoms with Gasteiger partial charge in [-0.05, 0) is 32.4 Å². The molecule has 0 aliphatic carbocycles. The predicted octanol–water partition coefficient (Wildman–Crippen LogP) is 0.762. The van der Waals surface area contributed by atoms with Crippen molar-refractivity contribution in [3.8, 4) is 0 Å². The van der Waals surface area contributed by atoms with E-state index < -0.39 is 40.9 Å². The first-order valence-electron chi connectivity index (χ1n) is 8.61. The standard InChI is InChI=1S/C19H22O7/c1-9(2)19(23)18(4)15-12(24-16(18)22)5-10(8-20)11-6-14(21)17(3,25-11)7-13(15)26-19/h5-6,12-13,15,20,23H,1,7-8H2,2-4H3/b10-5-/t12-,13-,15-,17+,18+,19+/m0/s1. The predicted molar refractivity (Wildman–Crippen MR) is 88.5 cm³/mol. The van der Waals surface area contributed by atoms with Gasteiger partial charge < -0.3 is 24.4 Å². The Balaban J connectivity index is 1.91. The molecule has 4 aliphatic rings. The fourth-order valence-corrected chi connectivity index (χ4v) is 4.69. The fraction of sp³-hybridized carbons (Fsp3) is 0.579. The Morgan fingerprint density at radius 1 is 1.38 bits per heavy atom. The lowest BCUT2D eigenvalue weighted by Crippen LogP contribution is -2.49. The van der Waals surface area contributed by atoms with E-state index >= 15 is 0 Å². The summed E-state index contributed by atoms with van der Waals surface area (Å²) in [4.78, 5) is 25.3. The Labute approximate surface area is 150 Å². The third-order valence-corrected chi connectivity index (χ3v) is 6.25. The summed E-state index contributed by atoms with van der Waals surface area (Å²) in [6.45, 7) is 8.25. The molecule has 2 saturated heterocycles. The first kappa shape index (κ1) is 17.5. The fourth-order valence-electron chi connectivity index (χ4n) is 4.69. The van der Waals surface area contributed by atoms with Crippen molar-refractivity contribution in [1.82, 2.24) is 0 Å².